The Morgan fingerprint density at radius 3 is 2.74 bits per heavy atom. The van der Waals surface area contributed by atoms with Crippen LogP contribution in [0, 0.1) is 12.3 Å². The van der Waals surface area contributed by atoms with Crippen LogP contribution in [0.25, 0.3) is 0 Å². The molecule has 19 heavy (non-hydrogen) atoms. The summed E-state index contributed by atoms with van der Waals surface area (Å²) in [5.41, 5.74) is 0.409. The second-order valence-electron chi connectivity index (χ2n) is 6.06. The molecule has 2 aliphatic rings. The molecule has 1 aliphatic carbocycles. The average molecular weight is 278 g/mol. The molecular weight excluding hydrogens is 256 g/mol. The van der Waals surface area contributed by atoms with E-state index >= 15 is 0 Å². The van der Waals surface area contributed by atoms with Gasteiger partial charge in [0.2, 0.25) is 5.91 Å². The van der Waals surface area contributed by atoms with E-state index in [4.69, 9.17) is 0 Å². The molecule has 2 fully saturated rings. The third-order valence-corrected chi connectivity index (χ3v) is 5.67. The summed E-state index contributed by atoms with van der Waals surface area (Å²) in [6, 6.07) is 4.24. The molecule has 3 rings (SSSR count). The lowest BCUT2D eigenvalue weighted by Gasteiger charge is -2.27. The zero-order valence-electron chi connectivity index (χ0n) is 11.9. The van der Waals surface area contributed by atoms with E-state index in [-0.39, 0.29) is 18.1 Å². The molecule has 104 valence electrons. The highest BCUT2D eigenvalue weighted by Gasteiger charge is 2.47. The molecule has 1 aromatic rings. The van der Waals surface area contributed by atoms with Crippen molar-refractivity contribution in [1.29, 1.82) is 0 Å². The first-order valence-corrected chi connectivity index (χ1v) is 7.99. The fraction of sp³-hybridized carbons (Fsp3) is 0.667. The van der Waals surface area contributed by atoms with Gasteiger partial charge >= 0.3 is 0 Å². The number of nitrogens with zero attached hydrogens (tertiary/aromatic N) is 1. The van der Waals surface area contributed by atoms with E-state index in [0.29, 0.717) is 5.41 Å². The fourth-order valence-electron chi connectivity index (χ4n) is 2.94. The van der Waals surface area contributed by atoms with Crippen molar-refractivity contribution in [2.75, 3.05) is 6.54 Å². The van der Waals surface area contributed by atoms with Gasteiger partial charge in [-0.2, -0.15) is 0 Å². The fourth-order valence-corrected chi connectivity index (χ4v) is 3.89. The molecule has 0 radical (unpaired) electrons. The molecule has 2 atom stereocenters. The highest BCUT2D eigenvalue weighted by molar-refractivity contribution is 7.12. The van der Waals surface area contributed by atoms with Crippen LogP contribution < -0.4 is 5.32 Å². The molecule has 1 saturated heterocycles. The number of carbonyl (C=O) groups excluding carboxylic acids is 1. The number of amides is 1. The van der Waals surface area contributed by atoms with Gasteiger partial charge in [0.25, 0.3) is 0 Å². The largest absolute Gasteiger partial charge is 0.320 e. The summed E-state index contributed by atoms with van der Waals surface area (Å²) in [4.78, 5) is 17.0. The van der Waals surface area contributed by atoms with Crippen LogP contribution >= 0.6 is 11.3 Å². The maximum atomic E-state index is 12.4. The number of carbonyl (C=O) groups is 1. The number of nitrogens with one attached hydrogen (secondary N) is 1. The van der Waals surface area contributed by atoms with Crippen molar-refractivity contribution in [2.45, 2.75) is 52.2 Å². The lowest BCUT2D eigenvalue weighted by atomic mass is 10.0. The van der Waals surface area contributed by atoms with E-state index in [1.54, 1.807) is 11.3 Å². The Bertz CT molecular complexity index is 492. The first kappa shape index (κ1) is 13.1. The van der Waals surface area contributed by atoms with Gasteiger partial charge in [-0.05, 0) is 50.7 Å². The topological polar surface area (TPSA) is 32.3 Å². The van der Waals surface area contributed by atoms with Crippen molar-refractivity contribution in [3.8, 4) is 0 Å². The molecule has 1 aliphatic heterocycles. The smallest absolute Gasteiger partial charge is 0.241 e. The summed E-state index contributed by atoms with van der Waals surface area (Å²) in [6.45, 7) is 7.25. The normalized spacial score (nSPS) is 29.0. The Balaban J connectivity index is 1.83. The summed E-state index contributed by atoms with van der Waals surface area (Å²) in [7, 11) is 0. The summed E-state index contributed by atoms with van der Waals surface area (Å²) in [5, 5.41) is 3.44. The predicted octanol–water partition coefficient (Wildman–Crippen LogP) is 3.07. The Kier molecular flexibility index (Phi) is 3.18. The van der Waals surface area contributed by atoms with Crippen LogP contribution in [0.3, 0.4) is 0 Å². The summed E-state index contributed by atoms with van der Waals surface area (Å²) >= 11 is 1.79. The molecule has 0 bridgehead atoms. The SMILES string of the molecule is CCC1(CN2C(=O)C(C)NC2c2ccc(C)s2)CC1. The van der Waals surface area contributed by atoms with Crippen molar-refractivity contribution >= 4 is 17.2 Å². The first-order chi connectivity index (χ1) is 9.04. The Morgan fingerprint density at radius 1 is 1.47 bits per heavy atom. The van der Waals surface area contributed by atoms with E-state index in [9.17, 15) is 4.79 Å². The van der Waals surface area contributed by atoms with Crippen LogP contribution in [0.15, 0.2) is 12.1 Å². The third kappa shape index (κ3) is 2.32. The number of hydrogen-bond acceptors (Lipinski definition) is 3. The summed E-state index contributed by atoms with van der Waals surface area (Å²) < 4.78 is 0. The van der Waals surface area contributed by atoms with Crippen molar-refractivity contribution in [3.63, 3.8) is 0 Å². The second kappa shape index (κ2) is 4.60. The van der Waals surface area contributed by atoms with Gasteiger partial charge in [-0.25, -0.2) is 0 Å². The van der Waals surface area contributed by atoms with Crippen LogP contribution in [-0.2, 0) is 4.79 Å². The van der Waals surface area contributed by atoms with Gasteiger partial charge in [0.05, 0.1) is 6.04 Å². The molecule has 0 spiro atoms. The molecule has 3 nitrogen and oxygen atoms in total. The van der Waals surface area contributed by atoms with Crippen LogP contribution in [0.4, 0.5) is 0 Å². The minimum atomic E-state index is -0.0555. The Hall–Kier alpha value is -0.870. The molecule has 1 saturated carbocycles. The maximum Gasteiger partial charge on any atom is 0.241 e. The number of rotatable bonds is 4. The highest BCUT2D eigenvalue weighted by Crippen LogP contribution is 2.50. The monoisotopic (exact) mass is 278 g/mol. The average Bonchev–Trinajstić information content (AvgIpc) is 2.97. The molecule has 1 N–H and O–H groups in total. The molecule has 1 amide bonds. The van der Waals surface area contributed by atoms with E-state index in [2.05, 4.69) is 36.2 Å². The van der Waals surface area contributed by atoms with E-state index in [1.165, 1.54) is 29.0 Å². The van der Waals surface area contributed by atoms with Crippen LogP contribution in [0.1, 0.15) is 49.0 Å². The standard InChI is InChI=1S/C15H22N2OS/c1-4-15(7-8-15)9-17-13(16-11(3)14(17)18)12-6-5-10(2)19-12/h5-6,11,13,16H,4,7-9H2,1-3H3. The predicted molar refractivity (Wildman–Crippen MR) is 78.1 cm³/mol. The van der Waals surface area contributed by atoms with Gasteiger partial charge in [-0.15, -0.1) is 11.3 Å². The van der Waals surface area contributed by atoms with Gasteiger partial charge < -0.3 is 4.90 Å². The van der Waals surface area contributed by atoms with Gasteiger partial charge in [0.15, 0.2) is 0 Å². The molecule has 4 heteroatoms. The quantitative estimate of drug-likeness (QED) is 0.918. The highest BCUT2D eigenvalue weighted by atomic mass is 32.1. The van der Waals surface area contributed by atoms with E-state index in [1.807, 2.05) is 6.92 Å². The molecular formula is C15H22N2OS. The Morgan fingerprint density at radius 2 is 2.21 bits per heavy atom. The van der Waals surface area contributed by atoms with Gasteiger partial charge in [-0.3, -0.25) is 10.1 Å². The van der Waals surface area contributed by atoms with Crippen LogP contribution in [0.5, 0.6) is 0 Å². The minimum absolute atomic E-state index is 0.0555. The first-order valence-electron chi connectivity index (χ1n) is 7.17. The molecule has 2 unspecified atom stereocenters. The van der Waals surface area contributed by atoms with Gasteiger partial charge in [-0.1, -0.05) is 6.92 Å². The minimum Gasteiger partial charge on any atom is -0.320 e. The number of thiophene rings is 1. The third-order valence-electron chi connectivity index (χ3n) is 4.62. The zero-order chi connectivity index (χ0) is 13.6. The van der Waals surface area contributed by atoms with Gasteiger partial charge in [0, 0.05) is 16.3 Å². The summed E-state index contributed by atoms with van der Waals surface area (Å²) in [6.07, 6.45) is 3.82. The number of hydrogen-bond donors (Lipinski definition) is 1. The summed E-state index contributed by atoms with van der Waals surface area (Å²) in [5.74, 6) is 0.260. The lowest BCUT2D eigenvalue weighted by Crippen LogP contribution is -2.35. The van der Waals surface area contributed by atoms with Gasteiger partial charge in [0.1, 0.15) is 6.17 Å². The van der Waals surface area contributed by atoms with E-state index in [0.717, 1.165) is 6.54 Å². The second-order valence-corrected chi connectivity index (χ2v) is 7.38. The van der Waals surface area contributed by atoms with E-state index < -0.39 is 0 Å². The van der Waals surface area contributed by atoms with Crippen LogP contribution in [-0.4, -0.2) is 23.4 Å². The van der Waals surface area contributed by atoms with Crippen LogP contribution in [0.2, 0.25) is 0 Å². The molecule has 2 heterocycles. The van der Waals surface area contributed by atoms with Crippen molar-refractivity contribution < 1.29 is 4.79 Å². The Labute approximate surface area is 119 Å². The van der Waals surface area contributed by atoms with Crippen molar-refractivity contribution in [3.05, 3.63) is 21.9 Å². The molecule has 1 aromatic heterocycles. The molecule has 0 aromatic carbocycles. The van der Waals surface area contributed by atoms with Crippen molar-refractivity contribution in [2.24, 2.45) is 5.41 Å². The zero-order valence-corrected chi connectivity index (χ0v) is 12.7. The lowest BCUT2D eigenvalue weighted by molar-refractivity contribution is -0.130. The number of aryl methyl sites for hydroxylation is 1. The van der Waals surface area contributed by atoms with Crippen molar-refractivity contribution in [1.82, 2.24) is 10.2 Å². The maximum absolute atomic E-state index is 12.4.